The van der Waals surface area contributed by atoms with E-state index >= 15 is 0 Å². The fraction of sp³-hybridized carbons (Fsp3) is 0.583. The van der Waals surface area contributed by atoms with Gasteiger partial charge in [0.1, 0.15) is 5.82 Å². The summed E-state index contributed by atoms with van der Waals surface area (Å²) in [6, 6.07) is 2.35. The van der Waals surface area contributed by atoms with E-state index in [1.165, 1.54) is 17.2 Å². The lowest BCUT2D eigenvalue weighted by atomic mass is 10.2. The van der Waals surface area contributed by atoms with Crippen LogP contribution in [0.15, 0.2) is 18.3 Å². The van der Waals surface area contributed by atoms with Gasteiger partial charge in [0.2, 0.25) is 0 Å². The van der Waals surface area contributed by atoms with Crippen LogP contribution in [0.2, 0.25) is 0 Å². The number of aromatic nitrogens is 1. The summed E-state index contributed by atoms with van der Waals surface area (Å²) in [4.78, 5) is 5.36. The minimum Gasteiger partial charge on any atom is -0.359 e. The second-order valence-electron chi connectivity index (χ2n) is 4.04. The second-order valence-corrected chi connectivity index (χ2v) is 4.42. The zero-order chi connectivity index (χ0) is 13.6. The lowest BCUT2D eigenvalue weighted by Crippen LogP contribution is -2.23. The molecule has 1 heterocycles. The van der Waals surface area contributed by atoms with Crippen molar-refractivity contribution < 1.29 is 13.2 Å². The Balaban J connectivity index is 2.70. The Morgan fingerprint density at radius 1 is 1.28 bits per heavy atom. The Morgan fingerprint density at radius 3 is 2.61 bits per heavy atom. The predicted octanol–water partition coefficient (Wildman–Crippen LogP) is 3.95. The molecule has 0 spiro atoms. The highest BCUT2D eigenvalue weighted by Crippen LogP contribution is 2.34. The van der Waals surface area contributed by atoms with Crippen LogP contribution in [0.1, 0.15) is 24.8 Å². The first-order chi connectivity index (χ1) is 8.46. The first kappa shape index (κ1) is 15.1. The van der Waals surface area contributed by atoms with Gasteiger partial charge in [0.15, 0.2) is 0 Å². The summed E-state index contributed by atoms with van der Waals surface area (Å²) in [5.41, 5.74) is -0.690. The molecule has 0 aliphatic carbocycles. The standard InChI is InChI=1S/C12H16ClF3N2/c1-18(9-4-2-3-7-13)11-10(12(14,15)16)6-5-8-17-11/h5-6,8H,2-4,7,9H2,1H3. The first-order valence-corrected chi connectivity index (χ1v) is 6.29. The number of hydrogen-bond acceptors (Lipinski definition) is 2. The Morgan fingerprint density at radius 2 is 2.00 bits per heavy atom. The first-order valence-electron chi connectivity index (χ1n) is 5.76. The van der Waals surface area contributed by atoms with Crippen molar-refractivity contribution in [1.82, 2.24) is 4.98 Å². The van der Waals surface area contributed by atoms with Crippen LogP contribution in [0.3, 0.4) is 0 Å². The number of anilines is 1. The van der Waals surface area contributed by atoms with Crippen LogP contribution in [0, 0.1) is 0 Å². The quantitative estimate of drug-likeness (QED) is 0.579. The van der Waals surface area contributed by atoms with Gasteiger partial charge < -0.3 is 4.90 Å². The number of unbranched alkanes of at least 4 members (excludes halogenated alkanes) is 2. The minimum absolute atomic E-state index is 0.0177. The smallest absolute Gasteiger partial charge is 0.359 e. The summed E-state index contributed by atoms with van der Waals surface area (Å²) >= 11 is 5.54. The number of hydrogen-bond donors (Lipinski definition) is 0. The van der Waals surface area contributed by atoms with E-state index < -0.39 is 11.7 Å². The highest BCUT2D eigenvalue weighted by atomic mass is 35.5. The maximum atomic E-state index is 12.8. The SMILES string of the molecule is CN(CCCCCCl)c1ncccc1C(F)(F)F. The highest BCUT2D eigenvalue weighted by molar-refractivity contribution is 6.17. The molecule has 0 saturated carbocycles. The van der Waals surface area contributed by atoms with Crippen molar-refractivity contribution in [3.05, 3.63) is 23.9 Å². The largest absolute Gasteiger partial charge is 0.419 e. The Kier molecular flexibility index (Phi) is 5.72. The van der Waals surface area contributed by atoms with Crippen LogP contribution in [0.5, 0.6) is 0 Å². The van der Waals surface area contributed by atoms with Crippen molar-refractivity contribution in [3.63, 3.8) is 0 Å². The van der Waals surface area contributed by atoms with Gasteiger partial charge in [-0.15, -0.1) is 11.6 Å². The van der Waals surface area contributed by atoms with E-state index in [9.17, 15) is 13.2 Å². The molecule has 6 heteroatoms. The van der Waals surface area contributed by atoms with E-state index in [0.29, 0.717) is 12.4 Å². The van der Waals surface area contributed by atoms with Gasteiger partial charge in [0.25, 0.3) is 0 Å². The van der Waals surface area contributed by atoms with Gasteiger partial charge in [0.05, 0.1) is 5.56 Å². The van der Waals surface area contributed by atoms with Crippen molar-refractivity contribution in [3.8, 4) is 0 Å². The summed E-state index contributed by atoms with van der Waals surface area (Å²) in [6.45, 7) is 0.539. The topological polar surface area (TPSA) is 16.1 Å². The van der Waals surface area contributed by atoms with Crippen molar-refractivity contribution in [2.24, 2.45) is 0 Å². The van der Waals surface area contributed by atoms with Crippen LogP contribution in [0.4, 0.5) is 19.0 Å². The summed E-state index contributed by atoms with van der Waals surface area (Å²) in [7, 11) is 1.62. The summed E-state index contributed by atoms with van der Waals surface area (Å²) in [6.07, 6.45) is -0.406. The van der Waals surface area contributed by atoms with Crippen molar-refractivity contribution >= 4 is 17.4 Å². The number of nitrogens with zero attached hydrogens (tertiary/aromatic N) is 2. The molecule has 0 aliphatic heterocycles. The molecule has 0 radical (unpaired) electrons. The maximum absolute atomic E-state index is 12.8. The van der Waals surface area contributed by atoms with Gasteiger partial charge in [-0.1, -0.05) is 6.42 Å². The van der Waals surface area contributed by atoms with Gasteiger partial charge in [-0.05, 0) is 25.0 Å². The van der Waals surface area contributed by atoms with E-state index in [1.807, 2.05) is 0 Å². The zero-order valence-electron chi connectivity index (χ0n) is 10.2. The minimum atomic E-state index is -4.37. The maximum Gasteiger partial charge on any atom is 0.419 e. The van der Waals surface area contributed by atoms with Crippen molar-refractivity contribution in [1.29, 1.82) is 0 Å². The van der Waals surface area contributed by atoms with Crippen LogP contribution in [-0.4, -0.2) is 24.5 Å². The molecule has 1 rings (SSSR count). The van der Waals surface area contributed by atoms with Crippen molar-refractivity contribution in [2.75, 3.05) is 24.4 Å². The van der Waals surface area contributed by atoms with Gasteiger partial charge in [-0.2, -0.15) is 13.2 Å². The average Bonchev–Trinajstić information content (AvgIpc) is 2.33. The lowest BCUT2D eigenvalue weighted by molar-refractivity contribution is -0.137. The van der Waals surface area contributed by atoms with Crippen LogP contribution in [-0.2, 0) is 6.18 Å². The Hall–Kier alpha value is -0.970. The molecule has 0 bridgehead atoms. The van der Waals surface area contributed by atoms with Gasteiger partial charge in [-0.3, -0.25) is 0 Å². The number of rotatable bonds is 6. The molecular formula is C12H16ClF3N2. The van der Waals surface area contributed by atoms with E-state index in [0.717, 1.165) is 25.3 Å². The molecule has 0 fully saturated rings. The molecular weight excluding hydrogens is 265 g/mol. The molecule has 0 aliphatic rings. The van der Waals surface area contributed by atoms with E-state index in [2.05, 4.69) is 4.98 Å². The Labute approximate surface area is 110 Å². The predicted molar refractivity (Wildman–Crippen MR) is 67.1 cm³/mol. The second kappa shape index (κ2) is 6.83. The number of pyridine rings is 1. The zero-order valence-corrected chi connectivity index (χ0v) is 10.9. The molecule has 102 valence electrons. The van der Waals surface area contributed by atoms with Crippen molar-refractivity contribution in [2.45, 2.75) is 25.4 Å². The molecule has 1 aromatic rings. The third-order valence-corrected chi connectivity index (χ3v) is 2.85. The van der Waals surface area contributed by atoms with E-state index in [1.54, 1.807) is 7.05 Å². The molecule has 0 atom stereocenters. The summed E-state index contributed by atoms with van der Waals surface area (Å²) in [5.74, 6) is 0.567. The third-order valence-electron chi connectivity index (χ3n) is 2.58. The molecule has 0 unspecified atom stereocenters. The molecule has 18 heavy (non-hydrogen) atoms. The van der Waals surface area contributed by atoms with Gasteiger partial charge in [-0.25, -0.2) is 4.98 Å². The highest BCUT2D eigenvalue weighted by Gasteiger charge is 2.34. The van der Waals surface area contributed by atoms with E-state index in [4.69, 9.17) is 11.6 Å². The summed E-state index contributed by atoms with van der Waals surface area (Å²) < 4.78 is 38.3. The fourth-order valence-corrected chi connectivity index (χ4v) is 1.84. The molecule has 2 nitrogen and oxygen atoms in total. The monoisotopic (exact) mass is 280 g/mol. The summed E-state index contributed by atoms with van der Waals surface area (Å²) in [5, 5.41) is 0. The number of alkyl halides is 4. The molecule has 0 aromatic carbocycles. The van der Waals surface area contributed by atoms with Gasteiger partial charge >= 0.3 is 6.18 Å². The normalized spacial score (nSPS) is 11.6. The third kappa shape index (κ3) is 4.37. The van der Waals surface area contributed by atoms with Crippen LogP contribution < -0.4 is 4.90 Å². The molecule has 0 saturated heterocycles. The van der Waals surface area contributed by atoms with Crippen LogP contribution in [0.25, 0.3) is 0 Å². The lowest BCUT2D eigenvalue weighted by Gasteiger charge is -2.21. The Bertz CT molecular complexity index is 369. The molecule has 0 amide bonds. The van der Waals surface area contributed by atoms with E-state index in [-0.39, 0.29) is 5.82 Å². The molecule has 0 N–H and O–H groups in total. The number of halogens is 4. The van der Waals surface area contributed by atoms with Crippen LogP contribution >= 0.6 is 11.6 Å². The van der Waals surface area contributed by atoms with Gasteiger partial charge in [0, 0.05) is 25.7 Å². The fourth-order valence-electron chi connectivity index (χ4n) is 1.65. The molecule has 1 aromatic heterocycles. The average molecular weight is 281 g/mol.